The van der Waals surface area contributed by atoms with Crippen molar-refractivity contribution in [2.24, 2.45) is 0 Å². The molecule has 0 radical (unpaired) electrons. The molecule has 1 aromatic rings. The minimum Gasteiger partial charge on any atom is -0.369 e. The minimum absolute atomic E-state index is 0.656. The van der Waals surface area contributed by atoms with Crippen molar-refractivity contribution in [2.45, 2.75) is 26.7 Å². The lowest BCUT2D eigenvalue weighted by molar-refractivity contribution is 0.830. The number of hydrogen-bond donors (Lipinski definition) is 1. The zero-order chi connectivity index (χ0) is 10.4. The molecule has 1 heterocycles. The number of nitriles is 1. The molecule has 0 spiro atoms. The molecule has 0 atom stereocenters. The van der Waals surface area contributed by atoms with Gasteiger partial charge < -0.3 is 5.32 Å². The predicted molar refractivity (Wildman–Crippen MR) is 57.1 cm³/mol. The van der Waals surface area contributed by atoms with E-state index in [4.69, 9.17) is 5.26 Å². The third kappa shape index (κ3) is 2.46. The molecule has 0 aliphatic heterocycles. The Labute approximate surface area is 84.8 Å². The van der Waals surface area contributed by atoms with Gasteiger partial charge in [-0.3, -0.25) is 0 Å². The lowest BCUT2D eigenvalue weighted by atomic mass is 10.1. The fraction of sp³-hybridized carbons (Fsp3) is 0.455. The zero-order valence-corrected chi connectivity index (χ0v) is 8.67. The molecule has 0 bridgehead atoms. The van der Waals surface area contributed by atoms with Gasteiger partial charge in [0.2, 0.25) is 0 Å². The normalized spacial score (nSPS) is 9.50. The molecule has 0 amide bonds. The molecule has 0 aliphatic rings. The van der Waals surface area contributed by atoms with Crippen LogP contribution in [0.1, 0.15) is 30.9 Å². The van der Waals surface area contributed by atoms with E-state index in [1.54, 1.807) is 6.20 Å². The summed E-state index contributed by atoms with van der Waals surface area (Å²) in [5.41, 5.74) is 1.63. The van der Waals surface area contributed by atoms with Crippen molar-refractivity contribution in [1.29, 1.82) is 5.26 Å². The first-order valence-corrected chi connectivity index (χ1v) is 4.89. The monoisotopic (exact) mass is 189 g/mol. The van der Waals surface area contributed by atoms with Crippen molar-refractivity contribution in [3.8, 4) is 6.07 Å². The lowest BCUT2D eigenvalue weighted by Crippen LogP contribution is -2.05. The predicted octanol–water partition coefficient (Wildman–Crippen LogP) is 2.47. The van der Waals surface area contributed by atoms with Gasteiger partial charge in [-0.15, -0.1) is 0 Å². The van der Waals surface area contributed by atoms with E-state index in [0.29, 0.717) is 11.4 Å². The first-order chi connectivity index (χ1) is 6.79. The number of anilines is 1. The fourth-order valence-corrected chi connectivity index (χ4v) is 1.22. The van der Waals surface area contributed by atoms with E-state index in [-0.39, 0.29) is 0 Å². The molecule has 0 fully saturated rings. The maximum Gasteiger partial charge on any atom is 0.144 e. The van der Waals surface area contributed by atoms with Gasteiger partial charge in [0.15, 0.2) is 0 Å². The number of nitrogens with one attached hydrogen (secondary N) is 1. The van der Waals surface area contributed by atoms with E-state index in [1.165, 1.54) is 0 Å². The van der Waals surface area contributed by atoms with E-state index >= 15 is 0 Å². The highest BCUT2D eigenvalue weighted by Gasteiger charge is 2.04. The van der Waals surface area contributed by atoms with E-state index < -0.39 is 0 Å². The first kappa shape index (κ1) is 10.5. The smallest absolute Gasteiger partial charge is 0.144 e. The van der Waals surface area contributed by atoms with Crippen LogP contribution in [0, 0.1) is 18.3 Å². The van der Waals surface area contributed by atoms with Gasteiger partial charge >= 0.3 is 0 Å². The molecule has 0 aromatic carbocycles. The van der Waals surface area contributed by atoms with Crippen LogP contribution in [0.2, 0.25) is 0 Å². The van der Waals surface area contributed by atoms with Crippen molar-refractivity contribution in [2.75, 3.05) is 11.9 Å². The van der Waals surface area contributed by atoms with Crippen LogP contribution in [-0.4, -0.2) is 11.5 Å². The van der Waals surface area contributed by atoms with Gasteiger partial charge in [0.25, 0.3) is 0 Å². The van der Waals surface area contributed by atoms with Crippen LogP contribution in [0.3, 0.4) is 0 Å². The summed E-state index contributed by atoms with van der Waals surface area (Å²) >= 11 is 0. The summed E-state index contributed by atoms with van der Waals surface area (Å²) in [5, 5.41) is 12.1. The second kappa shape index (κ2) is 5.23. The maximum atomic E-state index is 8.93. The van der Waals surface area contributed by atoms with Crippen LogP contribution >= 0.6 is 0 Å². The summed E-state index contributed by atoms with van der Waals surface area (Å²) in [5.74, 6) is 0.709. The summed E-state index contributed by atoms with van der Waals surface area (Å²) in [6.45, 7) is 4.93. The molecule has 0 saturated carbocycles. The Morgan fingerprint density at radius 2 is 2.36 bits per heavy atom. The number of pyridine rings is 1. The zero-order valence-electron chi connectivity index (χ0n) is 8.67. The van der Waals surface area contributed by atoms with Gasteiger partial charge in [-0.05, 0) is 25.0 Å². The van der Waals surface area contributed by atoms with E-state index in [2.05, 4.69) is 23.3 Å². The van der Waals surface area contributed by atoms with Gasteiger partial charge in [0.1, 0.15) is 11.9 Å². The van der Waals surface area contributed by atoms with Crippen LogP contribution in [0.5, 0.6) is 0 Å². The number of nitrogens with zero attached hydrogens (tertiary/aromatic N) is 2. The fourth-order valence-electron chi connectivity index (χ4n) is 1.22. The van der Waals surface area contributed by atoms with Gasteiger partial charge in [0, 0.05) is 12.7 Å². The molecule has 74 valence electrons. The van der Waals surface area contributed by atoms with Crippen LogP contribution in [0.25, 0.3) is 0 Å². The second-order valence-electron chi connectivity index (χ2n) is 3.24. The summed E-state index contributed by atoms with van der Waals surface area (Å²) in [6.07, 6.45) is 3.96. The van der Waals surface area contributed by atoms with Gasteiger partial charge in [-0.25, -0.2) is 4.98 Å². The Morgan fingerprint density at radius 1 is 1.57 bits per heavy atom. The Kier molecular flexibility index (Phi) is 3.93. The van der Waals surface area contributed by atoms with E-state index in [0.717, 1.165) is 24.9 Å². The second-order valence-corrected chi connectivity index (χ2v) is 3.24. The molecule has 3 heteroatoms. The highest BCUT2D eigenvalue weighted by molar-refractivity contribution is 5.55. The quantitative estimate of drug-likeness (QED) is 0.740. The maximum absolute atomic E-state index is 8.93. The van der Waals surface area contributed by atoms with Crippen molar-refractivity contribution >= 4 is 5.82 Å². The lowest BCUT2D eigenvalue weighted by Gasteiger charge is -2.07. The third-order valence-electron chi connectivity index (χ3n) is 2.09. The number of aromatic nitrogens is 1. The van der Waals surface area contributed by atoms with Crippen molar-refractivity contribution in [3.63, 3.8) is 0 Å². The van der Waals surface area contributed by atoms with Crippen molar-refractivity contribution < 1.29 is 0 Å². The molecule has 3 nitrogen and oxygen atoms in total. The van der Waals surface area contributed by atoms with Crippen LogP contribution < -0.4 is 5.32 Å². The molecular weight excluding hydrogens is 174 g/mol. The van der Waals surface area contributed by atoms with Gasteiger partial charge in [0.05, 0.1) is 5.56 Å². The molecule has 1 N–H and O–H groups in total. The summed E-state index contributed by atoms with van der Waals surface area (Å²) in [4.78, 5) is 4.15. The first-order valence-electron chi connectivity index (χ1n) is 4.89. The molecule has 0 aliphatic carbocycles. The summed E-state index contributed by atoms with van der Waals surface area (Å²) in [7, 11) is 0. The molecule has 0 unspecified atom stereocenters. The Hall–Kier alpha value is -1.56. The van der Waals surface area contributed by atoms with Gasteiger partial charge in [-0.2, -0.15) is 5.26 Å². The highest BCUT2D eigenvalue weighted by Crippen LogP contribution is 2.14. The number of hydrogen-bond acceptors (Lipinski definition) is 3. The Balaban J connectivity index is 2.76. The molecule has 1 rings (SSSR count). The number of aryl methyl sites for hydroxylation is 1. The SMILES string of the molecule is CCCCNc1nccc(C)c1C#N. The van der Waals surface area contributed by atoms with Crippen LogP contribution in [0.15, 0.2) is 12.3 Å². The van der Waals surface area contributed by atoms with E-state index in [1.807, 2.05) is 13.0 Å². The van der Waals surface area contributed by atoms with Gasteiger partial charge in [-0.1, -0.05) is 13.3 Å². The largest absolute Gasteiger partial charge is 0.369 e. The molecule has 14 heavy (non-hydrogen) atoms. The van der Waals surface area contributed by atoms with Crippen molar-refractivity contribution in [1.82, 2.24) is 4.98 Å². The third-order valence-corrected chi connectivity index (χ3v) is 2.09. The van der Waals surface area contributed by atoms with Crippen LogP contribution in [0.4, 0.5) is 5.82 Å². The average Bonchev–Trinajstić information content (AvgIpc) is 2.18. The topological polar surface area (TPSA) is 48.7 Å². The number of unbranched alkanes of at least 4 members (excludes halogenated alkanes) is 1. The van der Waals surface area contributed by atoms with Crippen molar-refractivity contribution in [3.05, 3.63) is 23.4 Å². The molecule has 0 saturated heterocycles. The van der Waals surface area contributed by atoms with Crippen LogP contribution in [-0.2, 0) is 0 Å². The summed E-state index contributed by atoms with van der Waals surface area (Å²) < 4.78 is 0. The standard InChI is InChI=1S/C11H15N3/c1-3-4-6-13-11-10(8-12)9(2)5-7-14-11/h5,7H,3-4,6H2,1-2H3,(H,13,14). The highest BCUT2D eigenvalue weighted by atomic mass is 15.0. The Morgan fingerprint density at radius 3 is 3.00 bits per heavy atom. The van der Waals surface area contributed by atoms with E-state index in [9.17, 15) is 0 Å². The molecule has 1 aromatic heterocycles. The Bertz CT molecular complexity index is 339. The molecular formula is C11H15N3. The minimum atomic E-state index is 0.656. The average molecular weight is 189 g/mol. The number of rotatable bonds is 4. The summed E-state index contributed by atoms with van der Waals surface area (Å²) in [6, 6.07) is 4.02.